The van der Waals surface area contributed by atoms with Crippen molar-refractivity contribution in [3.8, 4) is 0 Å². The van der Waals surface area contributed by atoms with Crippen molar-refractivity contribution in [1.82, 2.24) is 5.32 Å². The second-order valence-electron chi connectivity index (χ2n) is 5.72. The number of furan rings is 1. The Morgan fingerprint density at radius 3 is 2.19 bits per heavy atom. The standard InChI is InChI=1S/C18H24FNO/c1-7-20-18(17-12(4)13(5)21-14(17)6)16-11(3)8-10(2)9-15(16)19/h8-9,18,20H,7H2,1-6H3. The molecule has 0 saturated carbocycles. The van der Waals surface area contributed by atoms with E-state index in [1.165, 1.54) is 0 Å². The molecule has 21 heavy (non-hydrogen) atoms. The number of rotatable bonds is 4. The first-order chi connectivity index (χ1) is 9.86. The lowest BCUT2D eigenvalue weighted by Gasteiger charge is -2.22. The lowest BCUT2D eigenvalue weighted by Crippen LogP contribution is -2.25. The van der Waals surface area contributed by atoms with Crippen molar-refractivity contribution in [3.63, 3.8) is 0 Å². The third-order valence-electron chi connectivity index (χ3n) is 4.08. The van der Waals surface area contributed by atoms with Gasteiger partial charge in [0.1, 0.15) is 17.3 Å². The van der Waals surface area contributed by atoms with Gasteiger partial charge in [-0.3, -0.25) is 0 Å². The van der Waals surface area contributed by atoms with E-state index < -0.39 is 0 Å². The van der Waals surface area contributed by atoms with Gasteiger partial charge in [0.05, 0.1) is 6.04 Å². The molecule has 0 aliphatic heterocycles. The lowest BCUT2D eigenvalue weighted by atomic mass is 9.91. The highest BCUT2D eigenvalue weighted by molar-refractivity contribution is 5.44. The van der Waals surface area contributed by atoms with Crippen molar-refractivity contribution >= 4 is 0 Å². The van der Waals surface area contributed by atoms with Crippen LogP contribution < -0.4 is 5.32 Å². The predicted octanol–water partition coefficient (Wildman–Crippen LogP) is 4.66. The van der Waals surface area contributed by atoms with Crippen LogP contribution in [0.15, 0.2) is 16.5 Å². The Balaban J connectivity index is 2.65. The molecule has 2 rings (SSSR count). The van der Waals surface area contributed by atoms with Crippen LogP contribution in [0.1, 0.15) is 52.3 Å². The number of halogens is 1. The van der Waals surface area contributed by atoms with Crippen molar-refractivity contribution in [1.29, 1.82) is 0 Å². The van der Waals surface area contributed by atoms with E-state index in [-0.39, 0.29) is 11.9 Å². The summed E-state index contributed by atoms with van der Waals surface area (Å²) in [7, 11) is 0. The molecule has 1 atom stereocenters. The van der Waals surface area contributed by atoms with Crippen LogP contribution >= 0.6 is 0 Å². The Bertz CT molecular complexity index is 634. The number of benzene rings is 1. The van der Waals surface area contributed by atoms with E-state index in [1.54, 1.807) is 6.07 Å². The van der Waals surface area contributed by atoms with Gasteiger partial charge in [-0.2, -0.15) is 0 Å². The third kappa shape index (κ3) is 2.88. The van der Waals surface area contributed by atoms with Gasteiger partial charge in [0.15, 0.2) is 0 Å². The van der Waals surface area contributed by atoms with Gasteiger partial charge in [-0.05, 0) is 63.9 Å². The summed E-state index contributed by atoms with van der Waals surface area (Å²) in [6.07, 6.45) is 0. The molecule has 1 unspecified atom stereocenters. The van der Waals surface area contributed by atoms with Gasteiger partial charge in [-0.25, -0.2) is 4.39 Å². The van der Waals surface area contributed by atoms with E-state index in [9.17, 15) is 4.39 Å². The quantitative estimate of drug-likeness (QED) is 0.885. The van der Waals surface area contributed by atoms with Crippen LogP contribution in [-0.2, 0) is 0 Å². The number of nitrogens with one attached hydrogen (secondary N) is 1. The highest BCUT2D eigenvalue weighted by atomic mass is 19.1. The third-order valence-corrected chi connectivity index (χ3v) is 4.08. The zero-order valence-corrected chi connectivity index (χ0v) is 13.7. The Morgan fingerprint density at radius 1 is 1.05 bits per heavy atom. The fourth-order valence-corrected chi connectivity index (χ4v) is 3.08. The molecule has 1 heterocycles. The minimum absolute atomic E-state index is 0.156. The zero-order chi connectivity index (χ0) is 15.7. The number of aryl methyl sites for hydroxylation is 4. The van der Waals surface area contributed by atoms with Crippen molar-refractivity contribution in [2.75, 3.05) is 6.54 Å². The average Bonchev–Trinajstić information content (AvgIpc) is 2.61. The van der Waals surface area contributed by atoms with Crippen molar-refractivity contribution in [3.05, 3.63) is 57.3 Å². The molecule has 2 nitrogen and oxygen atoms in total. The second kappa shape index (κ2) is 6.02. The summed E-state index contributed by atoms with van der Waals surface area (Å²) < 4.78 is 20.3. The smallest absolute Gasteiger partial charge is 0.128 e. The van der Waals surface area contributed by atoms with Gasteiger partial charge in [0.2, 0.25) is 0 Å². The number of hydrogen-bond donors (Lipinski definition) is 1. The van der Waals surface area contributed by atoms with Gasteiger partial charge < -0.3 is 9.73 Å². The van der Waals surface area contributed by atoms with Gasteiger partial charge in [-0.1, -0.05) is 13.0 Å². The molecule has 0 bridgehead atoms. The largest absolute Gasteiger partial charge is 0.466 e. The molecule has 1 aromatic carbocycles. The van der Waals surface area contributed by atoms with E-state index in [4.69, 9.17) is 4.42 Å². The summed E-state index contributed by atoms with van der Waals surface area (Å²) in [6, 6.07) is 3.46. The molecule has 1 N–H and O–H groups in total. The Hall–Kier alpha value is -1.61. The molecule has 0 aliphatic carbocycles. The summed E-state index contributed by atoms with van der Waals surface area (Å²) in [5, 5.41) is 3.41. The highest BCUT2D eigenvalue weighted by Gasteiger charge is 2.25. The van der Waals surface area contributed by atoms with E-state index >= 15 is 0 Å². The normalized spacial score (nSPS) is 12.7. The molecule has 114 valence electrons. The average molecular weight is 289 g/mol. The molecule has 0 saturated heterocycles. The van der Waals surface area contributed by atoms with Gasteiger partial charge >= 0.3 is 0 Å². The zero-order valence-electron chi connectivity index (χ0n) is 13.7. The van der Waals surface area contributed by atoms with Crippen LogP contribution in [-0.4, -0.2) is 6.54 Å². The first-order valence-corrected chi connectivity index (χ1v) is 7.43. The fraction of sp³-hybridized carbons (Fsp3) is 0.444. The highest BCUT2D eigenvalue weighted by Crippen LogP contribution is 2.34. The molecular formula is C18H24FNO. The van der Waals surface area contributed by atoms with Crippen molar-refractivity contribution in [2.24, 2.45) is 0 Å². The summed E-state index contributed by atoms with van der Waals surface area (Å²) >= 11 is 0. The Labute approximate surface area is 126 Å². The fourth-order valence-electron chi connectivity index (χ4n) is 3.08. The first kappa shape index (κ1) is 15.8. The summed E-state index contributed by atoms with van der Waals surface area (Å²) in [6.45, 7) is 12.6. The monoisotopic (exact) mass is 289 g/mol. The predicted molar refractivity (Wildman–Crippen MR) is 84.3 cm³/mol. The summed E-state index contributed by atoms with van der Waals surface area (Å²) in [5.74, 6) is 1.60. The van der Waals surface area contributed by atoms with Gasteiger partial charge in [-0.15, -0.1) is 0 Å². The van der Waals surface area contributed by atoms with Gasteiger partial charge in [0, 0.05) is 11.1 Å². The molecule has 3 heteroatoms. The molecule has 0 amide bonds. The summed E-state index contributed by atoms with van der Waals surface area (Å²) in [4.78, 5) is 0. The van der Waals surface area contributed by atoms with Crippen molar-refractivity contribution in [2.45, 2.75) is 47.6 Å². The Kier molecular flexibility index (Phi) is 4.52. The minimum atomic E-state index is -0.173. The van der Waals surface area contributed by atoms with E-state index in [2.05, 4.69) is 5.32 Å². The summed E-state index contributed by atoms with van der Waals surface area (Å²) in [5.41, 5.74) is 4.78. The molecule has 0 fully saturated rings. The van der Waals surface area contributed by atoms with E-state index in [0.29, 0.717) is 0 Å². The first-order valence-electron chi connectivity index (χ1n) is 7.43. The molecule has 1 aromatic heterocycles. The topological polar surface area (TPSA) is 25.2 Å². The van der Waals surface area contributed by atoms with E-state index in [1.807, 2.05) is 47.6 Å². The van der Waals surface area contributed by atoms with Crippen LogP contribution in [0.3, 0.4) is 0 Å². The van der Waals surface area contributed by atoms with Crippen LogP contribution in [0, 0.1) is 40.4 Å². The van der Waals surface area contributed by atoms with Crippen LogP contribution in [0.4, 0.5) is 4.39 Å². The minimum Gasteiger partial charge on any atom is -0.466 e. The molecule has 0 spiro atoms. The number of hydrogen-bond acceptors (Lipinski definition) is 2. The van der Waals surface area contributed by atoms with Gasteiger partial charge in [0.25, 0.3) is 0 Å². The second-order valence-corrected chi connectivity index (χ2v) is 5.72. The SMILES string of the molecule is CCNC(c1c(C)cc(C)cc1F)c1c(C)oc(C)c1C. The van der Waals surface area contributed by atoms with E-state index in [0.717, 1.165) is 45.9 Å². The maximum atomic E-state index is 14.6. The lowest BCUT2D eigenvalue weighted by molar-refractivity contribution is 0.491. The Morgan fingerprint density at radius 2 is 1.71 bits per heavy atom. The maximum absolute atomic E-state index is 14.6. The van der Waals surface area contributed by atoms with Crippen molar-refractivity contribution < 1.29 is 8.81 Å². The van der Waals surface area contributed by atoms with Crippen LogP contribution in [0.25, 0.3) is 0 Å². The van der Waals surface area contributed by atoms with Crippen LogP contribution in [0.2, 0.25) is 0 Å². The van der Waals surface area contributed by atoms with Crippen LogP contribution in [0.5, 0.6) is 0 Å². The molecule has 2 aromatic rings. The molecular weight excluding hydrogens is 265 g/mol. The molecule has 0 radical (unpaired) electrons. The molecule has 0 aliphatic rings. The maximum Gasteiger partial charge on any atom is 0.128 e.